The summed E-state index contributed by atoms with van der Waals surface area (Å²) in [6, 6.07) is 0. The Morgan fingerprint density at radius 2 is 2.21 bits per heavy atom. The van der Waals surface area contributed by atoms with E-state index in [0.29, 0.717) is 39.1 Å². The molecular weight excluding hydrogens is 244 g/mol. The number of nitrogens with zero attached hydrogens (tertiary/aromatic N) is 1. The van der Waals surface area contributed by atoms with Crippen LogP contribution in [-0.4, -0.2) is 60.4 Å². The monoisotopic (exact) mass is 270 g/mol. The van der Waals surface area contributed by atoms with Crippen molar-refractivity contribution in [2.45, 2.75) is 50.7 Å². The summed E-state index contributed by atoms with van der Waals surface area (Å²) in [5, 5.41) is 13.7. The van der Waals surface area contributed by atoms with Gasteiger partial charge in [-0.25, -0.2) is 0 Å². The molecule has 0 aliphatic carbocycles. The summed E-state index contributed by atoms with van der Waals surface area (Å²) < 4.78 is 5.43. The van der Waals surface area contributed by atoms with Crippen LogP contribution in [-0.2, 0) is 9.53 Å². The molecule has 2 aliphatic heterocycles. The number of aliphatic hydroxyl groups is 1. The van der Waals surface area contributed by atoms with Gasteiger partial charge in [0.05, 0.1) is 5.60 Å². The van der Waals surface area contributed by atoms with Crippen LogP contribution in [0.2, 0.25) is 0 Å². The third-order valence-electron chi connectivity index (χ3n) is 4.09. The number of carbonyl (C=O) groups is 1. The van der Waals surface area contributed by atoms with Gasteiger partial charge in [-0.3, -0.25) is 4.79 Å². The largest absolute Gasteiger partial charge is 0.388 e. The van der Waals surface area contributed by atoms with Crippen LogP contribution in [0.5, 0.6) is 0 Å². The molecule has 110 valence electrons. The molecule has 0 aromatic carbocycles. The summed E-state index contributed by atoms with van der Waals surface area (Å²) in [5.41, 5.74) is -0.650. The van der Waals surface area contributed by atoms with Gasteiger partial charge < -0.3 is 20.1 Å². The fourth-order valence-corrected chi connectivity index (χ4v) is 2.79. The Bertz CT molecular complexity index is 295. The molecule has 0 saturated carbocycles. The van der Waals surface area contributed by atoms with Crippen molar-refractivity contribution in [3.8, 4) is 0 Å². The predicted molar refractivity (Wildman–Crippen MR) is 72.9 cm³/mol. The number of hydrogen-bond acceptors (Lipinski definition) is 4. The number of nitrogens with one attached hydrogen (secondary N) is 1. The molecule has 0 bridgehead atoms. The van der Waals surface area contributed by atoms with Crippen molar-refractivity contribution < 1.29 is 14.6 Å². The zero-order chi connectivity index (χ0) is 13.7. The SMILES string of the molecule is CCCNCC1(O)CCN(C(=O)C2CCCO2)CC1. The van der Waals surface area contributed by atoms with E-state index in [4.69, 9.17) is 4.74 Å². The van der Waals surface area contributed by atoms with Crippen LogP contribution in [0.1, 0.15) is 39.0 Å². The Morgan fingerprint density at radius 1 is 1.47 bits per heavy atom. The van der Waals surface area contributed by atoms with Crippen molar-refractivity contribution in [3.63, 3.8) is 0 Å². The molecule has 1 amide bonds. The molecule has 19 heavy (non-hydrogen) atoms. The Balaban J connectivity index is 1.76. The highest BCUT2D eigenvalue weighted by molar-refractivity contribution is 5.81. The first-order chi connectivity index (χ1) is 9.14. The molecule has 5 heteroatoms. The van der Waals surface area contributed by atoms with Gasteiger partial charge in [-0.15, -0.1) is 0 Å². The lowest BCUT2D eigenvalue weighted by atomic mass is 9.91. The van der Waals surface area contributed by atoms with E-state index >= 15 is 0 Å². The molecule has 1 atom stereocenters. The minimum atomic E-state index is -0.650. The van der Waals surface area contributed by atoms with Crippen LogP contribution in [0.4, 0.5) is 0 Å². The van der Waals surface area contributed by atoms with Crippen LogP contribution in [0.15, 0.2) is 0 Å². The molecule has 0 aromatic rings. The molecule has 2 aliphatic rings. The van der Waals surface area contributed by atoms with Gasteiger partial charge in [-0.1, -0.05) is 6.92 Å². The highest BCUT2D eigenvalue weighted by Gasteiger charge is 2.36. The normalized spacial score (nSPS) is 26.6. The molecular formula is C14H26N2O3. The van der Waals surface area contributed by atoms with E-state index in [1.807, 2.05) is 4.90 Å². The van der Waals surface area contributed by atoms with E-state index in [-0.39, 0.29) is 12.0 Å². The Labute approximate surface area is 115 Å². The summed E-state index contributed by atoms with van der Waals surface area (Å²) >= 11 is 0. The summed E-state index contributed by atoms with van der Waals surface area (Å²) in [6.45, 7) is 5.66. The summed E-state index contributed by atoms with van der Waals surface area (Å²) in [5.74, 6) is 0.112. The van der Waals surface area contributed by atoms with Crippen LogP contribution in [0.3, 0.4) is 0 Å². The molecule has 2 N–H and O–H groups in total. The minimum Gasteiger partial charge on any atom is -0.388 e. The average molecular weight is 270 g/mol. The van der Waals surface area contributed by atoms with Gasteiger partial charge in [0.25, 0.3) is 5.91 Å². The summed E-state index contributed by atoms with van der Waals surface area (Å²) in [4.78, 5) is 14.0. The Hall–Kier alpha value is -0.650. The lowest BCUT2D eigenvalue weighted by Crippen LogP contribution is -2.53. The second-order valence-electron chi connectivity index (χ2n) is 5.73. The molecule has 1 unspecified atom stereocenters. The van der Waals surface area contributed by atoms with Crippen LogP contribution in [0.25, 0.3) is 0 Å². The first-order valence-electron chi connectivity index (χ1n) is 7.48. The first-order valence-corrected chi connectivity index (χ1v) is 7.48. The zero-order valence-electron chi connectivity index (χ0n) is 11.9. The Morgan fingerprint density at radius 3 is 2.79 bits per heavy atom. The number of ether oxygens (including phenoxy) is 1. The van der Waals surface area contributed by atoms with Gasteiger partial charge in [-0.05, 0) is 38.6 Å². The highest BCUT2D eigenvalue weighted by Crippen LogP contribution is 2.24. The number of likely N-dealkylation sites (tertiary alicyclic amines) is 1. The van der Waals surface area contributed by atoms with Crippen molar-refractivity contribution in [2.24, 2.45) is 0 Å². The maximum atomic E-state index is 12.2. The quantitative estimate of drug-likeness (QED) is 0.715. The van der Waals surface area contributed by atoms with Crippen molar-refractivity contribution in [1.29, 1.82) is 0 Å². The number of hydrogen-bond donors (Lipinski definition) is 2. The maximum absolute atomic E-state index is 12.2. The second kappa shape index (κ2) is 6.68. The van der Waals surface area contributed by atoms with Gasteiger partial charge in [0.15, 0.2) is 0 Å². The predicted octanol–water partition coefficient (Wildman–Crippen LogP) is 0.518. The van der Waals surface area contributed by atoms with E-state index in [1.165, 1.54) is 0 Å². The number of rotatable bonds is 5. The summed E-state index contributed by atoms with van der Waals surface area (Å²) in [7, 11) is 0. The number of piperidine rings is 1. The van der Waals surface area contributed by atoms with E-state index < -0.39 is 5.60 Å². The summed E-state index contributed by atoms with van der Waals surface area (Å²) in [6.07, 6.45) is 3.97. The smallest absolute Gasteiger partial charge is 0.251 e. The van der Waals surface area contributed by atoms with Gasteiger partial charge in [0.2, 0.25) is 0 Å². The topological polar surface area (TPSA) is 61.8 Å². The molecule has 0 aromatic heterocycles. The average Bonchev–Trinajstić information content (AvgIpc) is 2.93. The third kappa shape index (κ3) is 3.91. The maximum Gasteiger partial charge on any atom is 0.251 e. The minimum absolute atomic E-state index is 0.112. The second-order valence-corrected chi connectivity index (χ2v) is 5.73. The first kappa shape index (κ1) is 14.8. The molecule has 2 rings (SSSR count). The van der Waals surface area contributed by atoms with Gasteiger partial charge >= 0.3 is 0 Å². The van der Waals surface area contributed by atoms with Crippen molar-refractivity contribution in [2.75, 3.05) is 32.8 Å². The molecule has 0 spiro atoms. The number of carbonyl (C=O) groups excluding carboxylic acids is 1. The van der Waals surface area contributed by atoms with Gasteiger partial charge in [0, 0.05) is 26.2 Å². The van der Waals surface area contributed by atoms with Crippen LogP contribution in [0, 0.1) is 0 Å². The standard InChI is InChI=1S/C14H26N2O3/c1-2-7-15-11-14(18)5-8-16(9-6-14)13(17)12-4-3-10-19-12/h12,15,18H,2-11H2,1H3. The lowest BCUT2D eigenvalue weighted by molar-refractivity contribution is -0.145. The van der Waals surface area contributed by atoms with Crippen molar-refractivity contribution in [1.82, 2.24) is 10.2 Å². The molecule has 5 nitrogen and oxygen atoms in total. The molecule has 2 saturated heterocycles. The molecule has 2 heterocycles. The Kier molecular flexibility index (Phi) is 5.19. The fraction of sp³-hybridized carbons (Fsp3) is 0.929. The van der Waals surface area contributed by atoms with E-state index in [1.54, 1.807) is 0 Å². The van der Waals surface area contributed by atoms with E-state index in [0.717, 1.165) is 25.8 Å². The zero-order valence-corrected chi connectivity index (χ0v) is 11.9. The fourth-order valence-electron chi connectivity index (χ4n) is 2.79. The highest BCUT2D eigenvalue weighted by atomic mass is 16.5. The lowest BCUT2D eigenvalue weighted by Gasteiger charge is -2.39. The third-order valence-corrected chi connectivity index (χ3v) is 4.09. The number of amides is 1. The van der Waals surface area contributed by atoms with Gasteiger partial charge in [0.1, 0.15) is 6.10 Å². The van der Waals surface area contributed by atoms with Crippen molar-refractivity contribution >= 4 is 5.91 Å². The van der Waals surface area contributed by atoms with Gasteiger partial charge in [-0.2, -0.15) is 0 Å². The van der Waals surface area contributed by atoms with E-state index in [9.17, 15) is 9.90 Å². The molecule has 2 fully saturated rings. The van der Waals surface area contributed by atoms with E-state index in [2.05, 4.69) is 12.2 Å². The molecule has 0 radical (unpaired) electrons. The van der Waals surface area contributed by atoms with Crippen LogP contribution >= 0.6 is 0 Å². The van der Waals surface area contributed by atoms with Crippen LogP contribution < -0.4 is 5.32 Å². The van der Waals surface area contributed by atoms with Crippen molar-refractivity contribution in [3.05, 3.63) is 0 Å².